The number of nitrogens with zero attached hydrogens (tertiary/aromatic N) is 4. The van der Waals surface area contributed by atoms with E-state index in [1.165, 1.54) is 25.7 Å². The van der Waals surface area contributed by atoms with Crippen LogP contribution in [0.3, 0.4) is 0 Å². The molecule has 1 aliphatic rings. The summed E-state index contributed by atoms with van der Waals surface area (Å²) in [6, 6.07) is 0. The molecular formula is C14H21N5. The minimum Gasteiger partial charge on any atom is -0.383 e. The van der Waals surface area contributed by atoms with E-state index in [9.17, 15) is 0 Å². The number of nitrogen functional groups attached to an aromatic ring is 1. The van der Waals surface area contributed by atoms with E-state index in [4.69, 9.17) is 10.7 Å². The molecule has 0 aromatic carbocycles. The smallest absolute Gasteiger partial charge is 0.131 e. The molecule has 3 rings (SSSR count). The zero-order chi connectivity index (χ0) is 13.4. The molecule has 2 heterocycles. The van der Waals surface area contributed by atoms with Gasteiger partial charge in [-0.05, 0) is 19.8 Å². The summed E-state index contributed by atoms with van der Waals surface area (Å²) in [6.45, 7) is 3.01. The first-order valence-corrected chi connectivity index (χ1v) is 7.05. The van der Waals surface area contributed by atoms with E-state index in [0.717, 1.165) is 29.4 Å². The highest BCUT2D eigenvalue weighted by Crippen LogP contribution is 2.37. The van der Waals surface area contributed by atoms with Gasteiger partial charge in [-0.25, -0.2) is 4.98 Å². The zero-order valence-electron chi connectivity index (χ0n) is 11.6. The van der Waals surface area contributed by atoms with Gasteiger partial charge in [0.1, 0.15) is 17.3 Å². The Morgan fingerprint density at radius 1 is 1.37 bits per heavy atom. The lowest BCUT2D eigenvalue weighted by molar-refractivity contribution is 0.604. The molecule has 2 aromatic rings. The normalized spacial score (nSPS) is 16.3. The predicted octanol–water partition coefficient (Wildman–Crippen LogP) is 2.54. The molecule has 0 atom stereocenters. The molecule has 2 N–H and O–H groups in total. The Balaban J connectivity index is 2.06. The van der Waals surface area contributed by atoms with Crippen LogP contribution in [0, 0.1) is 0 Å². The molecule has 0 aliphatic heterocycles. The summed E-state index contributed by atoms with van der Waals surface area (Å²) in [7, 11) is 1.91. The van der Waals surface area contributed by atoms with Gasteiger partial charge in [0.25, 0.3) is 0 Å². The highest BCUT2D eigenvalue weighted by Gasteiger charge is 2.25. The Morgan fingerprint density at radius 3 is 2.68 bits per heavy atom. The van der Waals surface area contributed by atoms with E-state index in [1.807, 2.05) is 19.4 Å². The lowest BCUT2D eigenvalue weighted by Crippen LogP contribution is -2.08. The van der Waals surface area contributed by atoms with Crippen molar-refractivity contribution < 1.29 is 0 Å². The van der Waals surface area contributed by atoms with Gasteiger partial charge in [0, 0.05) is 31.3 Å². The van der Waals surface area contributed by atoms with Gasteiger partial charge < -0.3 is 10.3 Å². The third-order valence-corrected chi connectivity index (χ3v) is 4.05. The lowest BCUT2D eigenvalue weighted by atomic mass is 10.1. The van der Waals surface area contributed by atoms with Crippen LogP contribution >= 0.6 is 0 Å². The summed E-state index contributed by atoms with van der Waals surface area (Å²) >= 11 is 0. The van der Waals surface area contributed by atoms with E-state index in [0.29, 0.717) is 5.92 Å². The van der Waals surface area contributed by atoms with Gasteiger partial charge in [-0.3, -0.25) is 4.68 Å². The van der Waals surface area contributed by atoms with E-state index in [1.54, 1.807) is 4.68 Å². The second-order valence-electron chi connectivity index (χ2n) is 5.33. The molecule has 0 saturated heterocycles. The first-order valence-electron chi connectivity index (χ1n) is 7.05. The van der Waals surface area contributed by atoms with Crippen LogP contribution in [0.1, 0.15) is 44.3 Å². The molecule has 0 amide bonds. The van der Waals surface area contributed by atoms with Crippen molar-refractivity contribution in [1.29, 1.82) is 0 Å². The Labute approximate surface area is 113 Å². The van der Waals surface area contributed by atoms with Crippen molar-refractivity contribution in [3.05, 3.63) is 18.2 Å². The van der Waals surface area contributed by atoms with Gasteiger partial charge in [0.15, 0.2) is 0 Å². The van der Waals surface area contributed by atoms with Crippen molar-refractivity contribution in [2.45, 2.75) is 45.1 Å². The van der Waals surface area contributed by atoms with Gasteiger partial charge >= 0.3 is 0 Å². The van der Waals surface area contributed by atoms with Gasteiger partial charge in [0.2, 0.25) is 0 Å². The third-order valence-electron chi connectivity index (χ3n) is 4.05. The van der Waals surface area contributed by atoms with E-state index >= 15 is 0 Å². The number of rotatable bonds is 3. The molecule has 1 saturated carbocycles. The van der Waals surface area contributed by atoms with Crippen LogP contribution in [0.4, 0.5) is 5.82 Å². The average molecular weight is 259 g/mol. The number of imidazole rings is 1. The Bertz CT molecular complexity index is 575. The quantitative estimate of drug-likeness (QED) is 0.921. The summed E-state index contributed by atoms with van der Waals surface area (Å²) in [5.41, 5.74) is 8.18. The Hall–Kier alpha value is -1.78. The number of anilines is 1. The minimum absolute atomic E-state index is 0.577. The molecule has 0 unspecified atom stereocenters. The topological polar surface area (TPSA) is 61.7 Å². The molecule has 102 valence electrons. The van der Waals surface area contributed by atoms with E-state index in [-0.39, 0.29) is 0 Å². The molecule has 2 aromatic heterocycles. The van der Waals surface area contributed by atoms with Crippen molar-refractivity contribution in [3.63, 3.8) is 0 Å². The van der Waals surface area contributed by atoms with Crippen LogP contribution in [0.15, 0.2) is 12.4 Å². The fraction of sp³-hybridized carbons (Fsp3) is 0.571. The van der Waals surface area contributed by atoms with E-state index < -0.39 is 0 Å². The van der Waals surface area contributed by atoms with Crippen LogP contribution in [0.2, 0.25) is 0 Å². The number of hydrogen-bond acceptors (Lipinski definition) is 3. The molecule has 19 heavy (non-hydrogen) atoms. The molecule has 5 nitrogen and oxygen atoms in total. The molecule has 1 fully saturated rings. The maximum Gasteiger partial charge on any atom is 0.131 e. The highest BCUT2D eigenvalue weighted by molar-refractivity contribution is 5.70. The molecule has 0 spiro atoms. The fourth-order valence-corrected chi connectivity index (χ4v) is 3.07. The maximum absolute atomic E-state index is 6.29. The largest absolute Gasteiger partial charge is 0.383 e. The summed E-state index contributed by atoms with van der Waals surface area (Å²) in [4.78, 5) is 4.83. The SMILES string of the molecule is CCn1c(C2CCCC2)nc(-c2cnn(C)c2)c1N. The summed E-state index contributed by atoms with van der Waals surface area (Å²) < 4.78 is 3.95. The first kappa shape index (κ1) is 12.3. The monoisotopic (exact) mass is 259 g/mol. The van der Waals surface area contributed by atoms with Crippen LogP contribution in [0.25, 0.3) is 11.3 Å². The van der Waals surface area contributed by atoms with Crippen molar-refractivity contribution in [3.8, 4) is 11.3 Å². The third kappa shape index (κ3) is 2.03. The Morgan fingerprint density at radius 2 is 2.11 bits per heavy atom. The van der Waals surface area contributed by atoms with Crippen LogP contribution < -0.4 is 5.73 Å². The highest BCUT2D eigenvalue weighted by atomic mass is 15.2. The fourth-order valence-electron chi connectivity index (χ4n) is 3.07. The van der Waals surface area contributed by atoms with Gasteiger partial charge in [-0.1, -0.05) is 12.8 Å². The second-order valence-corrected chi connectivity index (χ2v) is 5.33. The summed E-state index contributed by atoms with van der Waals surface area (Å²) in [6.07, 6.45) is 8.90. The van der Waals surface area contributed by atoms with Gasteiger partial charge in [-0.2, -0.15) is 5.10 Å². The number of aromatic nitrogens is 4. The molecule has 0 radical (unpaired) electrons. The zero-order valence-corrected chi connectivity index (χ0v) is 11.6. The number of hydrogen-bond donors (Lipinski definition) is 1. The maximum atomic E-state index is 6.29. The van der Waals surface area contributed by atoms with Crippen LogP contribution in [-0.2, 0) is 13.6 Å². The molecule has 5 heteroatoms. The molecule has 1 aliphatic carbocycles. The average Bonchev–Trinajstić information content (AvgIpc) is 3.08. The predicted molar refractivity (Wildman–Crippen MR) is 75.7 cm³/mol. The van der Waals surface area contributed by atoms with Gasteiger partial charge in [-0.15, -0.1) is 0 Å². The van der Waals surface area contributed by atoms with Crippen molar-refractivity contribution in [2.75, 3.05) is 5.73 Å². The van der Waals surface area contributed by atoms with Crippen molar-refractivity contribution in [2.24, 2.45) is 7.05 Å². The minimum atomic E-state index is 0.577. The standard InChI is InChI=1S/C14H21N5/c1-3-19-13(15)12(11-8-16-18(2)9-11)17-14(19)10-6-4-5-7-10/h8-10H,3-7,15H2,1-2H3. The Kier molecular flexibility index (Phi) is 3.05. The summed E-state index contributed by atoms with van der Waals surface area (Å²) in [5, 5.41) is 4.21. The molecule has 0 bridgehead atoms. The van der Waals surface area contributed by atoms with Crippen LogP contribution in [0.5, 0.6) is 0 Å². The van der Waals surface area contributed by atoms with Gasteiger partial charge in [0.05, 0.1) is 6.20 Å². The van der Waals surface area contributed by atoms with Crippen molar-refractivity contribution in [1.82, 2.24) is 19.3 Å². The van der Waals surface area contributed by atoms with Crippen molar-refractivity contribution >= 4 is 5.82 Å². The number of nitrogens with two attached hydrogens (primary N) is 1. The first-order chi connectivity index (χ1) is 9.20. The van der Waals surface area contributed by atoms with E-state index in [2.05, 4.69) is 16.6 Å². The van der Waals surface area contributed by atoms with Crippen LogP contribution in [-0.4, -0.2) is 19.3 Å². The lowest BCUT2D eigenvalue weighted by Gasteiger charge is -2.11. The number of aryl methyl sites for hydroxylation is 1. The summed E-state index contributed by atoms with van der Waals surface area (Å²) in [5.74, 6) is 2.52. The molecular weight excluding hydrogens is 238 g/mol. The second kappa shape index (κ2) is 4.72.